The smallest absolute Gasteiger partial charge is 0.0496 e. The van der Waals surface area contributed by atoms with E-state index in [1.165, 1.54) is 133 Å². The predicted octanol–water partition coefficient (Wildman–Crippen LogP) is 14.2. The fourth-order valence-corrected chi connectivity index (χ4v) is 9.34. The average molecular weight is 682 g/mol. The number of fused-ring (bicyclic) bond motifs is 4. The summed E-state index contributed by atoms with van der Waals surface area (Å²) >= 11 is 0. The molecule has 1 nitrogen and oxygen atoms in total. The second-order valence-corrected chi connectivity index (χ2v) is 14.9. The van der Waals surface area contributed by atoms with Crippen molar-refractivity contribution in [1.82, 2.24) is 0 Å². The van der Waals surface area contributed by atoms with Crippen molar-refractivity contribution in [1.29, 1.82) is 0 Å². The molecule has 10 rings (SSSR count). The van der Waals surface area contributed by atoms with E-state index in [9.17, 15) is 0 Å². The van der Waals surface area contributed by atoms with E-state index < -0.39 is 0 Å². The number of hydrogen-bond acceptors (Lipinski definition) is 1. The average Bonchev–Trinajstić information content (AvgIpc) is 3.24. The largest absolute Gasteiger partial charge is 0.310 e. The van der Waals surface area contributed by atoms with Crippen LogP contribution in [-0.2, 0) is 25.7 Å². The first-order valence-electron chi connectivity index (χ1n) is 19.5. The first-order valence-corrected chi connectivity index (χ1v) is 19.5. The molecule has 2 aliphatic rings. The van der Waals surface area contributed by atoms with Crippen molar-refractivity contribution in [2.75, 3.05) is 4.90 Å². The van der Waals surface area contributed by atoms with Crippen LogP contribution in [0.3, 0.4) is 0 Å². The number of hydrogen-bond donors (Lipinski definition) is 0. The van der Waals surface area contributed by atoms with Crippen LogP contribution in [0.5, 0.6) is 0 Å². The summed E-state index contributed by atoms with van der Waals surface area (Å²) in [4.78, 5) is 2.59. The lowest BCUT2D eigenvalue weighted by Crippen LogP contribution is -2.18. The fourth-order valence-electron chi connectivity index (χ4n) is 9.34. The normalized spacial score (nSPS) is 13.8. The highest BCUT2D eigenvalue weighted by molar-refractivity contribution is 6.22. The Morgan fingerprint density at radius 3 is 1.36 bits per heavy atom. The highest BCUT2D eigenvalue weighted by Gasteiger charge is 2.24. The lowest BCUT2D eigenvalue weighted by atomic mass is 9.85. The summed E-state index contributed by atoms with van der Waals surface area (Å²) < 4.78 is 0. The second-order valence-electron chi connectivity index (χ2n) is 14.9. The molecule has 0 aromatic heterocycles. The number of anilines is 3. The van der Waals surface area contributed by atoms with Crippen LogP contribution in [0.4, 0.5) is 17.1 Å². The quantitative estimate of drug-likeness (QED) is 0.158. The van der Waals surface area contributed by atoms with E-state index in [4.69, 9.17) is 0 Å². The third-order valence-corrected chi connectivity index (χ3v) is 11.8. The molecule has 8 aromatic rings. The number of benzene rings is 8. The third kappa shape index (κ3) is 5.63. The molecular weight excluding hydrogens is 639 g/mol. The van der Waals surface area contributed by atoms with Crippen LogP contribution in [-0.4, -0.2) is 0 Å². The lowest BCUT2D eigenvalue weighted by Gasteiger charge is -2.33. The minimum absolute atomic E-state index is 1.15. The van der Waals surface area contributed by atoms with Gasteiger partial charge >= 0.3 is 0 Å². The molecule has 1 heteroatoms. The first-order chi connectivity index (χ1) is 26.3. The molecule has 0 fully saturated rings. The van der Waals surface area contributed by atoms with Crippen LogP contribution >= 0.6 is 0 Å². The summed E-state index contributed by atoms with van der Waals surface area (Å²) in [7, 11) is 0. The van der Waals surface area contributed by atoms with E-state index >= 15 is 0 Å². The molecule has 53 heavy (non-hydrogen) atoms. The summed E-state index contributed by atoms with van der Waals surface area (Å²) in [5.74, 6) is 0. The number of nitrogens with zero attached hydrogens (tertiary/aromatic N) is 1. The van der Waals surface area contributed by atoms with Crippen molar-refractivity contribution in [3.05, 3.63) is 186 Å². The highest BCUT2D eigenvalue weighted by atomic mass is 15.1. The molecule has 2 aliphatic carbocycles. The standard InChI is InChI=1S/C52H43N/c1-3-17-39(18-4-1)51-45-25-11-12-26-46(45)52(40-19-5-2-6-20-40)48-35-41(31-34-47(48)51)36-29-32-42(33-30-36)53(49-27-13-21-37-15-7-9-23-43(37)49)50-28-14-22-38-16-8-10-24-44(38)50/h1-6,11-14,17-22,25-35H,7-10,15-16,23-24H2. The molecule has 0 spiro atoms. The zero-order chi connectivity index (χ0) is 35.1. The van der Waals surface area contributed by atoms with Gasteiger partial charge in [0, 0.05) is 17.1 Å². The maximum Gasteiger partial charge on any atom is 0.0496 e. The molecule has 0 unspecified atom stereocenters. The zero-order valence-electron chi connectivity index (χ0n) is 30.2. The van der Waals surface area contributed by atoms with Gasteiger partial charge in [-0.25, -0.2) is 0 Å². The topological polar surface area (TPSA) is 3.24 Å². The lowest BCUT2D eigenvalue weighted by molar-refractivity contribution is 0.682. The molecule has 0 aliphatic heterocycles. The molecule has 0 N–H and O–H groups in total. The van der Waals surface area contributed by atoms with E-state index in [2.05, 4.69) is 169 Å². The van der Waals surface area contributed by atoms with Crippen molar-refractivity contribution in [3.63, 3.8) is 0 Å². The number of aryl methyl sites for hydroxylation is 2. The Bertz CT molecular complexity index is 2540. The molecule has 0 atom stereocenters. The Morgan fingerprint density at radius 1 is 0.321 bits per heavy atom. The van der Waals surface area contributed by atoms with Gasteiger partial charge in [-0.05, 0) is 159 Å². The van der Waals surface area contributed by atoms with Gasteiger partial charge in [0.15, 0.2) is 0 Å². The Morgan fingerprint density at radius 2 is 0.792 bits per heavy atom. The maximum atomic E-state index is 2.59. The van der Waals surface area contributed by atoms with Crippen LogP contribution in [0.15, 0.2) is 164 Å². The minimum Gasteiger partial charge on any atom is -0.310 e. The molecule has 0 heterocycles. The van der Waals surface area contributed by atoms with Gasteiger partial charge in [0.1, 0.15) is 0 Å². The Balaban J connectivity index is 1.15. The minimum atomic E-state index is 1.15. The van der Waals surface area contributed by atoms with Crippen LogP contribution in [0, 0.1) is 0 Å². The van der Waals surface area contributed by atoms with Crippen molar-refractivity contribution in [2.45, 2.75) is 51.4 Å². The summed E-state index contributed by atoms with van der Waals surface area (Å²) in [5, 5.41) is 5.13. The summed E-state index contributed by atoms with van der Waals surface area (Å²) in [5.41, 5.74) is 17.6. The summed E-state index contributed by atoms with van der Waals surface area (Å²) in [6.07, 6.45) is 9.74. The fraction of sp³-hybridized carbons (Fsp3) is 0.154. The van der Waals surface area contributed by atoms with E-state index in [0.717, 1.165) is 12.8 Å². The third-order valence-electron chi connectivity index (χ3n) is 11.8. The van der Waals surface area contributed by atoms with E-state index in [-0.39, 0.29) is 0 Å². The Hall–Kier alpha value is -5.92. The van der Waals surface area contributed by atoms with Crippen molar-refractivity contribution in [2.24, 2.45) is 0 Å². The molecule has 0 bridgehead atoms. The molecule has 0 saturated carbocycles. The van der Waals surface area contributed by atoms with Gasteiger partial charge < -0.3 is 4.90 Å². The van der Waals surface area contributed by atoms with Crippen LogP contribution in [0.25, 0.3) is 54.9 Å². The van der Waals surface area contributed by atoms with Crippen molar-refractivity contribution in [3.8, 4) is 33.4 Å². The van der Waals surface area contributed by atoms with Gasteiger partial charge in [-0.2, -0.15) is 0 Å². The first kappa shape index (κ1) is 31.8. The maximum absolute atomic E-state index is 2.59. The summed E-state index contributed by atoms with van der Waals surface area (Å²) in [6.45, 7) is 0. The van der Waals surface area contributed by atoms with Crippen molar-refractivity contribution >= 4 is 38.6 Å². The van der Waals surface area contributed by atoms with Gasteiger partial charge in [0.05, 0.1) is 0 Å². The highest BCUT2D eigenvalue weighted by Crippen LogP contribution is 2.46. The van der Waals surface area contributed by atoms with Gasteiger partial charge in [-0.1, -0.05) is 133 Å². The van der Waals surface area contributed by atoms with E-state index in [1.807, 2.05) is 0 Å². The van der Waals surface area contributed by atoms with Gasteiger partial charge in [-0.3, -0.25) is 0 Å². The Kier molecular flexibility index (Phi) is 8.14. The van der Waals surface area contributed by atoms with Gasteiger partial charge in [0.2, 0.25) is 0 Å². The number of rotatable bonds is 6. The second kappa shape index (κ2) is 13.6. The molecule has 0 radical (unpaired) electrons. The SMILES string of the molecule is c1ccc(-c2c3ccccc3c(-c3ccccc3)c3cc(-c4ccc(N(c5cccc6c5CCCC6)c5cccc6c5CCCC6)cc4)ccc23)cc1. The van der Waals surface area contributed by atoms with Crippen LogP contribution in [0.1, 0.15) is 47.9 Å². The van der Waals surface area contributed by atoms with E-state index in [0.29, 0.717) is 0 Å². The summed E-state index contributed by atoms with van der Waals surface area (Å²) in [6, 6.07) is 61.3. The molecule has 8 aromatic carbocycles. The van der Waals surface area contributed by atoms with Crippen LogP contribution in [0.2, 0.25) is 0 Å². The molecule has 0 saturated heterocycles. The molecule has 256 valence electrons. The van der Waals surface area contributed by atoms with Gasteiger partial charge in [0.25, 0.3) is 0 Å². The van der Waals surface area contributed by atoms with E-state index in [1.54, 1.807) is 0 Å². The monoisotopic (exact) mass is 681 g/mol. The van der Waals surface area contributed by atoms with Gasteiger partial charge in [-0.15, -0.1) is 0 Å². The Labute approximate surface area is 313 Å². The van der Waals surface area contributed by atoms with Crippen molar-refractivity contribution < 1.29 is 0 Å². The van der Waals surface area contributed by atoms with Crippen LogP contribution < -0.4 is 4.90 Å². The molecular formula is C52H43N. The molecule has 0 amide bonds. The zero-order valence-corrected chi connectivity index (χ0v) is 30.2. The predicted molar refractivity (Wildman–Crippen MR) is 226 cm³/mol.